The molecule has 1 aliphatic rings. The summed E-state index contributed by atoms with van der Waals surface area (Å²) < 4.78 is 0. The van der Waals surface area contributed by atoms with E-state index in [4.69, 9.17) is 5.11 Å². The van der Waals surface area contributed by atoms with Crippen LogP contribution in [0.25, 0.3) is 0 Å². The predicted octanol–water partition coefficient (Wildman–Crippen LogP) is 1.24. The van der Waals surface area contributed by atoms with Crippen LogP contribution in [0.1, 0.15) is 40.5 Å². The van der Waals surface area contributed by atoms with E-state index in [1.807, 2.05) is 27.7 Å². The predicted molar refractivity (Wildman–Crippen MR) is 73.8 cm³/mol. The molecular weight excluding hydrogens is 244 g/mol. The lowest BCUT2D eigenvalue weighted by Gasteiger charge is -2.33. The van der Waals surface area contributed by atoms with E-state index in [0.29, 0.717) is 12.3 Å². The molecule has 1 heterocycles. The summed E-state index contributed by atoms with van der Waals surface area (Å²) in [4.78, 5) is 23.0. The second-order valence-electron chi connectivity index (χ2n) is 6.78. The van der Waals surface area contributed by atoms with Crippen molar-refractivity contribution in [1.29, 1.82) is 0 Å². The average Bonchev–Trinajstić information content (AvgIpc) is 2.10. The van der Waals surface area contributed by atoms with Gasteiger partial charge in [-0.25, -0.2) is 0 Å². The summed E-state index contributed by atoms with van der Waals surface area (Å²) in [6, 6.07) is -0.291. The van der Waals surface area contributed by atoms with E-state index in [2.05, 4.69) is 10.6 Å². The minimum atomic E-state index is -0.868. The first-order valence-corrected chi connectivity index (χ1v) is 6.92. The standard InChI is InChI=1S/C14H26N2O3/c1-9(10-7-15-8-10)13(19)16-11(5-12(17)18)6-14(2,3)4/h9-11,15H,5-8H2,1-4H3,(H,16,19)(H,17,18). The van der Waals surface area contributed by atoms with E-state index in [0.717, 1.165) is 13.1 Å². The second kappa shape index (κ2) is 6.37. The Balaban J connectivity index is 2.54. The first kappa shape index (κ1) is 16.0. The van der Waals surface area contributed by atoms with Gasteiger partial charge in [0.1, 0.15) is 0 Å². The summed E-state index contributed by atoms with van der Waals surface area (Å²) in [6.07, 6.45) is 0.652. The molecule has 0 aromatic carbocycles. The summed E-state index contributed by atoms with van der Waals surface area (Å²) in [5.41, 5.74) is -0.00530. The number of hydrogen-bond acceptors (Lipinski definition) is 3. The highest BCUT2D eigenvalue weighted by Crippen LogP contribution is 2.23. The van der Waals surface area contributed by atoms with Crippen molar-refractivity contribution in [3.05, 3.63) is 0 Å². The molecular formula is C14H26N2O3. The molecule has 1 rings (SSSR count). The number of carbonyl (C=O) groups excluding carboxylic acids is 1. The quantitative estimate of drug-likeness (QED) is 0.678. The van der Waals surface area contributed by atoms with Crippen LogP contribution in [0.4, 0.5) is 0 Å². The van der Waals surface area contributed by atoms with Crippen LogP contribution in [0.15, 0.2) is 0 Å². The van der Waals surface area contributed by atoms with E-state index in [1.165, 1.54) is 0 Å². The maximum Gasteiger partial charge on any atom is 0.305 e. The van der Waals surface area contributed by atoms with Crippen molar-refractivity contribution in [2.24, 2.45) is 17.3 Å². The molecule has 0 spiro atoms. The van der Waals surface area contributed by atoms with Crippen LogP contribution in [0.2, 0.25) is 0 Å². The molecule has 3 N–H and O–H groups in total. The normalized spacial score (nSPS) is 19.4. The van der Waals surface area contributed by atoms with E-state index >= 15 is 0 Å². The van der Waals surface area contributed by atoms with Crippen molar-refractivity contribution >= 4 is 11.9 Å². The monoisotopic (exact) mass is 270 g/mol. The van der Waals surface area contributed by atoms with Crippen molar-refractivity contribution in [3.63, 3.8) is 0 Å². The molecule has 5 nitrogen and oxygen atoms in total. The van der Waals surface area contributed by atoms with Gasteiger partial charge in [-0.05, 0) is 30.8 Å². The van der Waals surface area contributed by atoms with E-state index in [9.17, 15) is 9.59 Å². The first-order chi connectivity index (χ1) is 8.69. The average molecular weight is 270 g/mol. The number of hydrogen-bond donors (Lipinski definition) is 3. The fourth-order valence-corrected chi connectivity index (χ4v) is 2.34. The minimum absolute atomic E-state index is 0.00530. The fourth-order valence-electron chi connectivity index (χ4n) is 2.34. The molecule has 0 saturated carbocycles. The van der Waals surface area contributed by atoms with Crippen molar-refractivity contribution in [1.82, 2.24) is 10.6 Å². The molecule has 19 heavy (non-hydrogen) atoms. The Kier molecular flexibility index (Phi) is 5.35. The van der Waals surface area contributed by atoms with E-state index in [-0.39, 0.29) is 29.7 Å². The van der Waals surface area contributed by atoms with E-state index < -0.39 is 5.97 Å². The Hall–Kier alpha value is -1.10. The molecule has 0 aromatic heterocycles. The summed E-state index contributed by atoms with van der Waals surface area (Å²) in [5.74, 6) is -0.577. The zero-order chi connectivity index (χ0) is 14.6. The van der Waals surface area contributed by atoms with Crippen LogP contribution in [0, 0.1) is 17.3 Å². The molecule has 0 aromatic rings. The van der Waals surface area contributed by atoms with Gasteiger partial charge in [-0.2, -0.15) is 0 Å². The summed E-state index contributed by atoms with van der Waals surface area (Å²) in [7, 11) is 0. The fraction of sp³-hybridized carbons (Fsp3) is 0.857. The third-order valence-corrected chi connectivity index (χ3v) is 3.56. The van der Waals surface area contributed by atoms with Gasteiger partial charge in [0.05, 0.1) is 6.42 Å². The van der Waals surface area contributed by atoms with Crippen LogP contribution >= 0.6 is 0 Å². The van der Waals surface area contributed by atoms with Gasteiger partial charge in [0.25, 0.3) is 0 Å². The third kappa shape index (κ3) is 5.59. The Morgan fingerprint density at radius 2 is 1.95 bits per heavy atom. The SMILES string of the molecule is CC(C(=O)NC(CC(=O)O)CC(C)(C)C)C1CNC1. The van der Waals surface area contributed by atoms with Gasteiger partial charge in [-0.1, -0.05) is 27.7 Å². The zero-order valence-electron chi connectivity index (χ0n) is 12.3. The first-order valence-electron chi connectivity index (χ1n) is 6.92. The Morgan fingerprint density at radius 3 is 2.32 bits per heavy atom. The molecule has 1 fully saturated rings. The molecule has 0 aliphatic carbocycles. The summed E-state index contributed by atoms with van der Waals surface area (Å²) in [6.45, 7) is 9.80. The lowest BCUT2D eigenvalue weighted by Crippen LogP contribution is -2.51. The van der Waals surface area contributed by atoms with E-state index in [1.54, 1.807) is 0 Å². The Bertz CT molecular complexity index is 332. The maximum atomic E-state index is 12.1. The molecule has 0 radical (unpaired) electrons. The van der Waals surface area contributed by atoms with Crippen LogP contribution in [-0.2, 0) is 9.59 Å². The topological polar surface area (TPSA) is 78.4 Å². The van der Waals surface area contributed by atoms with Gasteiger partial charge in [0, 0.05) is 12.0 Å². The van der Waals surface area contributed by atoms with Crippen molar-refractivity contribution < 1.29 is 14.7 Å². The molecule has 0 bridgehead atoms. The number of rotatable bonds is 6. The highest BCUT2D eigenvalue weighted by Gasteiger charge is 2.31. The molecule has 110 valence electrons. The number of carboxylic acids is 1. The number of carbonyl (C=O) groups is 2. The van der Waals surface area contributed by atoms with Gasteiger partial charge >= 0.3 is 5.97 Å². The smallest absolute Gasteiger partial charge is 0.305 e. The van der Waals surface area contributed by atoms with Crippen LogP contribution in [-0.4, -0.2) is 36.1 Å². The highest BCUT2D eigenvalue weighted by molar-refractivity contribution is 5.80. The number of aliphatic carboxylic acids is 1. The number of nitrogens with one attached hydrogen (secondary N) is 2. The van der Waals surface area contributed by atoms with Gasteiger partial charge < -0.3 is 15.7 Å². The van der Waals surface area contributed by atoms with Gasteiger partial charge in [-0.3, -0.25) is 9.59 Å². The lowest BCUT2D eigenvalue weighted by molar-refractivity contribution is -0.138. The summed E-state index contributed by atoms with van der Waals surface area (Å²) in [5, 5.41) is 15.0. The number of carboxylic acid groups (broad SMARTS) is 1. The second-order valence-corrected chi connectivity index (χ2v) is 6.78. The third-order valence-electron chi connectivity index (χ3n) is 3.56. The van der Waals surface area contributed by atoms with Crippen molar-refractivity contribution in [2.75, 3.05) is 13.1 Å². The van der Waals surface area contributed by atoms with Crippen LogP contribution < -0.4 is 10.6 Å². The van der Waals surface area contributed by atoms with Gasteiger partial charge in [0.2, 0.25) is 5.91 Å². The molecule has 1 amide bonds. The largest absolute Gasteiger partial charge is 0.481 e. The molecule has 2 unspecified atom stereocenters. The van der Waals surface area contributed by atoms with Crippen LogP contribution in [0.5, 0.6) is 0 Å². The lowest BCUT2D eigenvalue weighted by atomic mass is 9.85. The minimum Gasteiger partial charge on any atom is -0.481 e. The zero-order valence-corrected chi connectivity index (χ0v) is 12.3. The molecule has 5 heteroatoms. The maximum absolute atomic E-state index is 12.1. The van der Waals surface area contributed by atoms with Gasteiger partial charge in [0.15, 0.2) is 0 Å². The van der Waals surface area contributed by atoms with Crippen LogP contribution in [0.3, 0.4) is 0 Å². The van der Waals surface area contributed by atoms with Crippen molar-refractivity contribution in [2.45, 2.75) is 46.6 Å². The Morgan fingerprint density at radius 1 is 1.37 bits per heavy atom. The molecule has 2 atom stereocenters. The number of amides is 1. The van der Waals surface area contributed by atoms with Gasteiger partial charge in [-0.15, -0.1) is 0 Å². The highest BCUT2D eigenvalue weighted by atomic mass is 16.4. The Labute approximate surface area is 115 Å². The molecule has 1 saturated heterocycles. The van der Waals surface area contributed by atoms with Crippen molar-refractivity contribution in [3.8, 4) is 0 Å². The molecule has 1 aliphatic heterocycles. The summed E-state index contributed by atoms with van der Waals surface area (Å²) >= 11 is 0.